The molecule has 3 saturated carbocycles. The summed E-state index contributed by atoms with van der Waals surface area (Å²) in [6, 6.07) is 0. The quantitative estimate of drug-likeness (QED) is 0.769. The van der Waals surface area contributed by atoms with Gasteiger partial charge in [0.1, 0.15) is 6.61 Å². The van der Waals surface area contributed by atoms with Gasteiger partial charge in [0.05, 0.1) is 5.41 Å². The summed E-state index contributed by atoms with van der Waals surface area (Å²) in [4.78, 5) is 24.2. The number of amides is 1. The average Bonchev–Trinajstić information content (AvgIpc) is 2.13. The molecule has 3 aliphatic carbocycles. The van der Waals surface area contributed by atoms with E-state index in [9.17, 15) is 9.59 Å². The first kappa shape index (κ1) is 11.6. The lowest BCUT2D eigenvalue weighted by Crippen LogP contribution is -2.73. The van der Waals surface area contributed by atoms with Crippen molar-refractivity contribution in [1.29, 1.82) is 0 Å². The zero-order valence-corrected chi connectivity index (χ0v) is 10.2. The van der Waals surface area contributed by atoms with Gasteiger partial charge in [-0.2, -0.15) is 0 Å². The summed E-state index contributed by atoms with van der Waals surface area (Å²) in [5.41, 5.74) is -0.197. The third kappa shape index (κ3) is 1.33. The van der Waals surface area contributed by atoms with Crippen molar-refractivity contribution in [1.82, 2.24) is 4.90 Å². The summed E-state index contributed by atoms with van der Waals surface area (Å²) in [5.74, 6) is -0.180. The van der Waals surface area contributed by atoms with E-state index in [2.05, 4.69) is 6.58 Å². The van der Waals surface area contributed by atoms with E-state index < -0.39 is 11.4 Å². The Hall–Kier alpha value is -1.52. The molecule has 2 bridgehead atoms. The number of carbonyl (C=O) groups excluding carboxylic acids is 1. The number of hydrogen-bond acceptors (Lipinski definition) is 3. The second kappa shape index (κ2) is 3.49. The molecule has 4 fully saturated rings. The lowest BCUT2D eigenvalue weighted by molar-refractivity contribution is -0.256. The van der Waals surface area contributed by atoms with Gasteiger partial charge in [0.25, 0.3) is 0 Å². The van der Waals surface area contributed by atoms with Gasteiger partial charge in [-0.1, -0.05) is 12.7 Å². The molecule has 5 heteroatoms. The molecular formula is C13H17NO4. The van der Waals surface area contributed by atoms with Crippen LogP contribution in [0.15, 0.2) is 12.7 Å². The highest BCUT2D eigenvalue weighted by molar-refractivity contribution is 5.79. The molecule has 18 heavy (non-hydrogen) atoms. The Morgan fingerprint density at radius 3 is 2.50 bits per heavy atom. The van der Waals surface area contributed by atoms with Gasteiger partial charge >= 0.3 is 12.1 Å². The number of nitrogens with zero attached hydrogens (tertiary/aromatic N) is 1. The van der Waals surface area contributed by atoms with E-state index in [4.69, 9.17) is 9.84 Å². The van der Waals surface area contributed by atoms with Crippen LogP contribution in [0.5, 0.6) is 0 Å². The molecular weight excluding hydrogens is 234 g/mol. The van der Waals surface area contributed by atoms with Gasteiger partial charge in [-0.15, -0.1) is 0 Å². The maximum atomic E-state index is 11.5. The number of hydrogen-bond donors (Lipinski definition) is 1. The minimum absolute atomic E-state index is 0.216. The second-order valence-corrected chi connectivity index (χ2v) is 5.95. The normalized spacial score (nSPS) is 37.0. The van der Waals surface area contributed by atoms with Crippen molar-refractivity contribution >= 4 is 12.1 Å². The molecule has 5 nitrogen and oxygen atoms in total. The van der Waals surface area contributed by atoms with Crippen molar-refractivity contribution < 1.29 is 19.4 Å². The molecule has 4 rings (SSSR count). The Balaban J connectivity index is 1.46. The van der Waals surface area contributed by atoms with E-state index >= 15 is 0 Å². The van der Waals surface area contributed by atoms with Crippen LogP contribution in [0.1, 0.15) is 19.3 Å². The summed E-state index contributed by atoms with van der Waals surface area (Å²) < 4.78 is 4.95. The second-order valence-electron chi connectivity index (χ2n) is 5.95. The largest absolute Gasteiger partial charge is 0.481 e. The molecule has 4 aliphatic rings. The van der Waals surface area contributed by atoms with Crippen LogP contribution >= 0.6 is 0 Å². The molecule has 0 aromatic carbocycles. The fourth-order valence-electron chi connectivity index (χ4n) is 3.76. The number of ether oxygens (including phenoxy) is 1. The first-order valence-electron chi connectivity index (χ1n) is 6.27. The first-order valence-corrected chi connectivity index (χ1v) is 6.27. The van der Waals surface area contributed by atoms with Crippen molar-refractivity contribution in [2.75, 3.05) is 19.7 Å². The summed E-state index contributed by atoms with van der Waals surface area (Å²) in [7, 11) is 0. The molecule has 0 radical (unpaired) electrons. The number of carboxylic acid groups (broad SMARTS) is 1. The van der Waals surface area contributed by atoms with E-state index in [1.165, 1.54) is 0 Å². The molecule has 1 N–H and O–H groups in total. The summed E-state index contributed by atoms with van der Waals surface area (Å²) in [6.07, 6.45) is 3.67. The van der Waals surface area contributed by atoms with Crippen LogP contribution in [0.2, 0.25) is 0 Å². The smallest absolute Gasteiger partial charge is 0.410 e. The number of rotatable bonds is 4. The minimum Gasteiger partial charge on any atom is -0.481 e. The number of carboxylic acids is 1. The zero-order chi connectivity index (χ0) is 13.0. The Kier molecular flexibility index (Phi) is 2.24. The monoisotopic (exact) mass is 251 g/mol. The zero-order valence-electron chi connectivity index (χ0n) is 10.2. The maximum Gasteiger partial charge on any atom is 0.410 e. The molecule has 98 valence electrons. The van der Waals surface area contributed by atoms with Gasteiger partial charge in [0.15, 0.2) is 0 Å². The number of carbonyl (C=O) groups is 2. The Morgan fingerprint density at radius 2 is 2.00 bits per heavy atom. The van der Waals surface area contributed by atoms with Gasteiger partial charge in [0.2, 0.25) is 0 Å². The molecule has 1 aliphatic heterocycles. The van der Waals surface area contributed by atoms with Crippen LogP contribution < -0.4 is 0 Å². The Labute approximate surface area is 105 Å². The molecule has 0 aromatic heterocycles. The number of aliphatic carboxylic acids is 1. The predicted molar refractivity (Wildman–Crippen MR) is 63.0 cm³/mol. The Morgan fingerprint density at radius 1 is 1.39 bits per heavy atom. The topological polar surface area (TPSA) is 66.8 Å². The van der Waals surface area contributed by atoms with Crippen LogP contribution in [0.3, 0.4) is 0 Å². The van der Waals surface area contributed by atoms with E-state index in [0.29, 0.717) is 19.0 Å². The maximum absolute atomic E-state index is 11.5. The molecule has 0 spiro atoms. The van der Waals surface area contributed by atoms with Gasteiger partial charge in [-0.05, 0) is 24.7 Å². The molecule has 1 saturated heterocycles. The van der Waals surface area contributed by atoms with E-state index in [1.54, 1.807) is 11.0 Å². The van der Waals surface area contributed by atoms with Gasteiger partial charge in [0, 0.05) is 19.0 Å². The van der Waals surface area contributed by atoms with Crippen LogP contribution in [-0.4, -0.2) is 41.8 Å². The molecule has 0 atom stereocenters. The molecule has 0 aromatic rings. The fourth-order valence-corrected chi connectivity index (χ4v) is 3.76. The highest BCUT2D eigenvalue weighted by atomic mass is 16.6. The third-order valence-electron chi connectivity index (χ3n) is 4.86. The van der Waals surface area contributed by atoms with Crippen molar-refractivity contribution in [3.8, 4) is 0 Å². The van der Waals surface area contributed by atoms with E-state index in [-0.39, 0.29) is 18.1 Å². The summed E-state index contributed by atoms with van der Waals surface area (Å²) in [5, 5.41) is 9.06. The van der Waals surface area contributed by atoms with Crippen LogP contribution in [0, 0.1) is 16.7 Å². The van der Waals surface area contributed by atoms with Crippen molar-refractivity contribution in [2.24, 2.45) is 16.7 Å². The molecule has 1 heterocycles. The lowest BCUT2D eigenvalue weighted by atomic mass is 9.31. The highest BCUT2D eigenvalue weighted by Gasteiger charge is 2.75. The predicted octanol–water partition coefficient (Wildman–Crippen LogP) is 1.50. The highest BCUT2D eigenvalue weighted by Crippen LogP contribution is 2.77. The minimum atomic E-state index is -0.647. The van der Waals surface area contributed by atoms with Gasteiger partial charge in [-0.3, -0.25) is 4.79 Å². The van der Waals surface area contributed by atoms with Crippen LogP contribution in [-0.2, 0) is 9.53 Å². The molecule has 1 amide bonds. The van der Waals surface area contributed by atoms with E-state index in [0.717, 1.165) is 19.3 Å². The summed E-state index contributed by atoms with van der Waals surface area (Å²) >= 11 is 0. The van der Waals surface area contributed by atoms with Crippen LogP contribution in [0.25, 0.3) is 0 Å². The van der Waals surface area contributed by atoms with Gasteiger partial charge in [-0.25, -0.2) is 4.79 Å². The van der Waals surface area contributed by atoms with Crippen molar-refractivity contribution in [2.45, 2.75) is 19.3 Å². The van der Waals surface area contributed by atoms with Gasteiger partial charge < -0.3 is 14.7 Å². The van der Waals surface area contributed by atoms with Crippen LogP contribution in [0.4, 0.5) is 4.79 Å². The first-order chi connectivity index (χ1) is 8.51. The lowest BCUT2D eigenvalue weighted by Gasteiger charge is -2.73. The average molecular weight is 251 g/mol. The summed E-state index contributed by atoms with van der Waals surface area (Å²) in [6.45, 7) is 5.16. The SMILES string of the molecule is C=CCOC(=O)N1CC(C23CC(C(=O)O)(C2)C3)C1. The standard InChI is InChI=1S/C13H17NO4/c1-2-3-18-11(17)14-4-9(5-14)12-6-13(7-12,8-12)10(15)16/h2,9H,1,3-8H2,(H,15,16). The van der Waals surface area contributed by atoms with E-state index in [1.807, 2.05) is 0 Å². The third-order valence-corrected chi connectivity index (χ3v) is 4.86. The number of likely N-dealkylation sites (tertiary alicyclic amines) is 1. The Bertz CT molecular complexity index is 405. The van der Waals surface area contributed by atoms with Crippen molar-refractivity contribution in [3.05, 3.63) is 12.7 Å². The molecule has 0 unspecified atom stereocenters. The van der Waals surface area contributed by atoms with Crippen molar-refractivity contribution in [3.63, 3.8) is 0 Å². The fraction of sp³-hybridized carbons (Fsp3) is 0.692.